The van der Waals surface area contributed by atoms with Gasteiger partial charge in [-0.15, -0.1) is 0 Å². The molecule has 25 heavy (non-hydrogen) atoms. The van der Waals surface area contributed by atoms with Crippen molar-refractivity contribution in [1.82, 2.24) is 15.6 Å². The molecular weight excluding hydrogens is 348 g/mol. The molecule has 0 saturated heterocycles. The average molecular weight is 361 g/mol. The van der Waals surface area contributed by atoms with E-state index in [2.05, 4.69) is 20.9 Å². The highest BCUT2D eigenvalue weighted by molar-refractivity contribution is 6.30. The summed E-state index contributed by atoms with van der Waals surface area (Å²) in [4.78, 5) is 23.8. The van der Waals surface area contributed by atoms with E-state index in [4.69, 9.17) is 20.6 Å². The van der Waals surface area contributed by atoms with Crippen LogP contribution in [0.2, 0.25) is 5.02 Å². The monoisotopic (exact) mass is 360 g/mol. The molecule has 2 N–H and O–H groups in total. The normalized spacial score (nSPS) is 10.5. The minimum Gasteiger partial charge on any atom is -0.360 e. The third-order valence-electron chi connectivity index (χ3n) is 3.18. The SMILES string of the molecule is Cc1cc(NC(=O)CNC(=O)c2cc(-c3ccc(Cl)cc3)on2)no1. The summed E-state index contributed by atoms with van der Waals surface area (Å²) in [7, 11) is 0. The number of halogens is 1. The van der Waals surface area contributed by atoms with Crippen molar-refractivity contribution >= 4 is 29.2 Å². The van der Waals surface area contributed by atoms with Crippen LogP contribution in [0.4, 0.5) is 5.82 Å². The molecule has 0 aliphatic carbocycles. The van der Waals surface area contributed by atoms with E-state index >= 15 is 0 Å². The number of carbonyl (C=O) groups excluding carboxylic acids is 2. The zero-order valence-electron chi connectivity index (χ0n) is 13.1. The van der Waals surface area contributed by atoms with Gasteiger partial charge in [0.25, 0.3) is 5.91 Å². The molecule has 8 nitrogen and oxygen atoms in total. The highest BCUT2D eigenvalue weighted by atomic mass is 35.5. The van der Waals surface area contributed by atoms with E-state index in [1.807, 2.05) is 0 Å². The van der Waals surface area contributed by atoms with Crippen LogP contribution in [-0.2, 0) is 4.79 Å². The largest absolute Gasteiger partial charge is 0.360 e. The summed E-state index contributed by atoms with van der Waals surface area (Å²) in [6.07, 6.45) is 0. The number of amides is 2. The maximum Gasteiger partial charge on any atom is 0.273 e. The second kappa shape index (κ2) is 7.18. The van der Waals surface area contributed by atoms with Gasteiger partial charge in [-0.25, -0.2) is 0 Å². The topological polar surface area (TPSA) is 110 Å². The summed E-state index contributed by atoms with van der Waals surface area (Å²) in [5.74, 6) is 0.294. The first-order chi connectivity index (χ1) is 12.0. The predicted octanol–water partition coefficient (Wildman–Crippen LogP) is 2.66. The van der Waals surface area contributed by atoms with Gasteiger partial charge >= 0.3 is 0 Å². The van der Waals surface area contributed by atoms with Crippen molar-refractivity contribution in [3.63, 3.8) is 0 Å². The first-order valence-corrected chi connectivity index (χ1v) is 7.63. The molecule has 0 atom stereocenters. The van der Waals surface area contributed by atoms with Crippen LogP contribution in [-0.4, -0.2) is 28.7 Å². The van der Waals surface area contributed by atoms with E-state index in [0.29, 0.717) is 16.5 Å². The molecule has 3 rings (SSSR count). The molecular formula is C16H13ClN4O4. The van der Waals surface area contributed by atoms with E-state index in [1.165, 1.54) is 6.07 Å². The van der Waals surface area contributed by atoms with Crippen molar-refractivity contribution in [2.75, 3.05) is 11.9 Å². The zero-order chi connectivity index (χ0) is 17.8. The molecule has 9 heteroatoms. The number of carbonyl (C=O) groups is 2. The Morgan fingerprint density at radius 1 is 1.12 bits per heavy atom. The van der Waals surface area contributed by atoms with Gasteiger partial charge in [-0.05, 0) is 31.2 Å². The second-order valence-corrected chi connectivity index (χ2v) is 5.57. The number of hydrogen-bond acceptors (Lipinski definition) is 6. The maximum absolute atomic E-state index is 12.0. The van der Waals surface area contributed by atoms with Gasteiger partial charge in [-0.3, -0.25) is 9.59 Å². The van der Waals surface area contributed by atoms with Gasteiger partial charge in [0, 0.05) is 22.7 Å². The van der Waals surface area contributed by atoms with Crippen molar-refractivity contribution in [2.24, 2.45) is 0 Å². The van der Waals surface area contributed by atoms with Crippen LogP contribution in [0.25, 0.3) is 11.3 Å². The number of aryl methyl sites for hydroxylation is 1. The van der Waals surface area contributed by atoms with Crippen LogP contribution >= 0.6 is 11.6 Å². The number of nitrogens with one attached hydrogen (secondary N) is 2. The summed E-state index contributed by atoms with van der Waals surface area (Å²) >= 11 is 5.83. The van der Waals surface area contributed by atoms with Gasteiger partial charge in [0.1, 0.15) is 5.76 Å². The second-order valence-electron chi connectivity index (χ2n) is 5.14. The van der Waals surface area contributed by atoms with Gasteiger partial charge in [0.05, 0.1) is 6.54 Å². The van der Waals surface area contributed by atoms with Crippen LogP contribution in [0, 0.1) is 6.92 Å². The van der Waals surface area contributed by atoms with E-state index in [1.54, 1.807) is 37.3 Å². The fraction of sp³-hybridized carbons (Fsp3) is 0.125. The summed E-state index contributed by atoms with van der Waals surface area (Å²) in [5, 5.41) is 12.9. The fourth-order valence-corrected chi connectivity index (χ4v) is 2.12. The molecule has 0 aliphatic rings. The van der Waals surface area contributed by atoms with Gasteiger partial charge in [0.2, 0.25) is 5.91 Å². The van der Waals surface area contributed by atoms with Crippen LogP contribution < -0.4 is 10.6 Å². The first kappa shape index (κ1) is 16.7. The summed E-state index contributed by atoms with van der Waals surface area (Å²) in [6.45, 7) is 1.46. The Balaban J connectivity index is 1.56. The molecule has 2 amide bonds. The lowest BCUT2D eigenvalue weighted by atomic mass is 10.1. The van der Waals surface area contributed by atoms with Gasteiger partial charge < -0.3 is 19.7 Å². The summed E-state index contributed by atoms with van der Waals surface area (Å²) < 4.78 is 9.97. The molecule has 1 aromatic carbocycles. The van der Waals surface area contributed by atoms with Crippen molar-refractivity contribution in [2.45, 2.75) is 6.92 Å². The smallest absolute Gasteiger partial charge is 0.273 e. The van der Waals surface area contributed by atoms with Gasteiger partial charge in [0.15, 0.2) is 17.3 Å². The van der Waals surface area contributed by atoms with Crippen LogP contribution in [0.1, 0.15) is 16.2 Å². The molecule has 3 aromatic rings. The molecule has 0 unspecified atom stereocenters. The lowest BCUT2D eigenvalue weighted by Gasteiger charge is -2.02. The molecule has 0 saturated carbocycles. The van der Waals surface area contributed by atoms with Crippen LogP contribution in [0.15, 0.2) is 45.4 Å². The van der Waals surface area contributed by atoms with Crippen molar-refractivity contribution < 1.29 is 18.6 Å². The van der Waals surface area contributed by atoms with Crippen molar-refractivity contribution in [3.8, 4) is 11.3 Å². The quantitative estimate of drug-likeness (QED) is 0.723. The number of nitrogens with zero attached hydrogens (tertiary/aromatic N) is 2. The van der Waals surface area contributed by atoms with Crippen LogP contribution in [0.5, 0.6) is 0 Å². The maximum atomic E-state index is 12.0. The third kappa shape index (κ3) is 4.24. The molecule has 0 radical (unpaired) electrons. The van der Waals surface area contributed by atoms with Crippen molar-refractivity contribution in [1.29, 1.82) is 0 Å². The number of anilines is 1. The lowest BCUT2D eigenvalue weighted by molar-refractivity contribution is -0.115. The Hall–Kier alpha value is -3.13. The summed E-state index contributed by atoms with van der Waals surface area (Å²) in [5.41, 5.74) is 0.796. The number of benzene rings is 1. The minimum atomic E-state index is -0.532. The zero-order valence-corrected chi connectivity index (χ0v) is 13.8. The van der Waals surface area contributed by atoms with E-state index in [-0.39, 0.29) is 18.1 Å². The van der Waals surface area contributed by atoms with E-state index in [9.17, 15) is 9.59 Å². The Morgan fingerprint density at radius 2 is 1.88 bits per heavy atom. The fourth-order valence-electron chi connectivity index (χ4n) is 2.00. The summed E-state index contributed by atoms with van der Waals surface area (Å²) in [6, 6.07) is 9.95. The molecule has 128 valence electrons. The Bertz CT molecular complexity index is 901. The molecule has 0 bridgehead atoms. The Morgan fingerprint density at radius 3 is 2.56 bits per heavy atom. The Kier molecular flexibility index (Phi) is 4.80. The standard InChI is InChI=1S/C16H13ClN4O4/c1-9-6-14(21-24-9)19-15(22)8-18-16(23)12-7-13(25-20-12)10-2-4-11(17)5-3-10/h2-7H,8H2,1H3,(H,18,23)(H,19,21,22). The number of aromatic nitrogens is 2. The molecule has 2 heterocycles. The Labute approximate surface area is 147 Å². The van der Waals surface area contributed by atoms with E-state index < -0.39 is 11.8 Å². The molecule has 0 spiro atoms. The minimum absolute atomic E-state index is 0.0648. The molecule has 0 aliphatic heterocycles. The lowest BCUT2D eigenvalue weighted by Crippen LogP contribution is -2.33. The highest BCUT2D eigenvalue weighted by Crippen LogP contribution is 2.22. The molecule has 2 aromatic heterocycles. The highest BCUT2D eigenvalue weighted by Gasteiger charge is 2.15. The van der Waals surface area contributed by atoms with Gasteiger partial charge in [-0.2, -0.15) is 0 Å². The first-order valence-electron chi connectivity index (χ1n) is 7.25. The molecule has 0 fully saturated rings. The predicted molar refractivity (Wildman–Crippen MR) is 89.2 cm³/mol. The average Bonchev–Trinajstić information content (AvgIpc) is 3.23. The van der Waals surface area contributed by atoms with E-state index in [0.717, 1.165) is 5.56 Å². The van der Waals surface area contributed by atoms with Gasteiger partial charge in [-0.1, -0.05) is 21.9 Å². The third-order valence-corrected chi connectivity index (χ3v) is 3.43. The number of rotatable bonds is 5. The van der Waals surface area contributed by atoms with Crippen LogP contribution in [0.3, 0.4) is 0 Å². The number of hydrogen-bond donors (Lipinski definition) is 2. The van der Waals surface area contributed by atoms with Crippen molar-refractivity contribution in [3.05, 3.63) is 52.9 Å².